The molecule has 1 aromatic heterocycles. The number of piperidine rings is 1. The quantitative estimate of drug-likeness (QED) is 0.888. The van der Waals surface area contributed by atoms with Crippen LogP contribution >= 0.6 is 15.9 Å². The highest BCUT2D eigenvalue weighted by Crippen LogP contribution is 2.19. The maximum Gasteiger partial charge on any atom is 0.222 e. The Morgan fingerprint density at radius 2 is 1.95 bits per heavy atom. The Morgan fingerprint density at radius 1 is 1.37 bits per heavy atom. The molecule has 1 aliphatic rings. The van der Waals surface area contributed by atoms with Crippen molar-refractivity contribution in [2.24, 2.45) is 5.92 Å². The van der Waals surface area contributed by atoms with Crippen molar-refractivity contribution in [3.05, 3.63) is 16.9 Å². The Kier molecular flexibility index (Phi) is 4.75. The van der Waals surface area contributed by atoms with E-state index in [4.69, 9.17) is 0 Å². The fourth-order valence-corrected chi connectivity index (χ4v) is 3.16. The van der Waals surface area contributed by atoms with E-state index in [1.165, 1.54) is 6.26 Å². The molecule has 0 aromatic carbocycles. The van der Waals surface area contributed by atoms with Crippen LogP contribution in [0.3, 0.4) is 0 Å². The Hall–Kier alpha value is -0.730. The molecule has 0 radical (unpaired) electrons. The highest BCUT2D eigenvalue weighted by molar-refractivity contribution is 9.10. The maximum absolute atomic E-state index is 11.4. The Bertz CT molecular complexity index is 512. The molecule has 6 nitrogen and oxygen atoms in total. The minimum absolute atomic E-state index is 0.463. The molecule has 0 unspecified atom stereocenters. The van der Waals surface area contributed by atoms with Gasteiger partial charge in [0.15, 0.2) is 0 Å². The molecular weight excluding hydrogens is 332 g/mol. The smallest absolute Gasteiger partial charge is 0.222 e. The first-order valence-corrected chi connectivity index (χ1v) is 8.76. The second-order valence-electron chi connectivity index (χ2n) is 4.71. The van der Waals surface area contributed by atoms with Crippen LogP contribution in [0.5, 0.6) is 0 Å². The molecule has 1 aromatic rings. The molecule has 0 bridgehead atoms. The number of rotatable bonds is 4. The van der Waals surface area contributed by atoms with Gasteiger partial charge in [-0.3, -0.25) is 0 Å². The average molecular weight is 349 g/mol. The van der Waals surface area contributed by atoms with Gasteiger partial charge in [0.1, 0.15) is 0 Å². The summed E-state index contributed by atoms with van der Waals surface area (Å²) < 4.78 is 25.2. The second kappa shape index (κ2) is 6.15. The molecule has 0 amide bonds. The van der Waals surface area contributed by atoms with Crippen LogP contribution in [0.4, 0.5) is 5.95 Å². The topological polar surface area (TPSA) is 75.2 Å². The summed E-state index contributed by atoms with van der Waals surface area (Å²) in [4.78, 5) is 8.28. The summed E-state index contributed by atoms with van der Waals surface area (Å²) in [5.74, 6) is 1.07. The van der Waals surface area contributed by atoms with E-state index in [9.17, 15) is 8.42 Å². The molecule has 106 valence electrons. The van der Waals surface area contributed by atoms with Crippen LogP contribution in [0.1, 0.15) is 12.8 Å². The number of halogens is 1. The maximum atomic E-state index is 11.4. The summed E-state index contributed by atoms with van der Waals surface area (Å²) in [5.41, 5.74) is 0. The number of sulfonamides is 1. The summed E-state index contributed by atoms with van der Waals surface area (Å²) in [7, 11) is -3.04. The number of nitrogens with zero attached hydrogens (tertiary/aromatic N) is 3. The molecule has 8 heteroatoms. The summed E-state index contributed by atoms with van der Waals surface area (Å²) in [5, 5.41) is 3.18. The molecule has 0 atom stereocenters. The molecule has 1 N–H and O–H groups in total. The van der Waals surface area contributed by atoms with Crippen LogP contribution in [0, 0.1) is 5.92 Å². The second-order valence-corrected chi connectivity index (χ2v) is 7.61. The third-order valence-electron chi connectivity index (χ3n) is 3.21. The van der Waals surface area contributed by atoms with Crippen molar-refractivity contribution in [1.82, 2.24) is 14.3 Å². The first kappa shape index (κ1) is 14.7. The van der Waals surface area contributed by atoms with Gasteiger partial charge in [-0.15, -0.1) is 0 Å². The third kappa shape index (κ3) is 4.39. The molecule has 2 heterocycles. The predicted molar refractivity (Wildman–Crippen MR) is 77.4 cm³/mol. The third-order valence-corrected chi connectivity index (χ3v) is 4.92. The van der Waals surface area contributed by atoms with Gasteiger partial charge in [-0.25, -0.2) is 22.7 Å². The van der Waals surface area contributed by atoms with Crippen molar-refractivity contribution in [2.45, 2.75) is 12.8 Å². The van der Waals surface area contributed by atoms with Crippen LogP contribution < -0.4 is 5.32 Å². The van der Waals surface area contributed by atoms with Gasteiger partial charge in [-0.1, -0.05) is 0 Å². The Balaban J connectivity index is 1.78. The summed E-state index contributed by atoms with van der Waals surface area (Å²) in [6, 6.07) is 0. The highest BCUT2D eigenvalue weighted by atomic mass is 79.9. The lowest BCUT2D eigenvalue weighted by atomic mass is 9.98. The zero-order valence-electron chi connectivity index (χ0n) is 10.7. The van der Waals surface area contributed by atoms with E-state index in [1.807, 2.05) is 0 Å². The number of nitrogens with one attached hydrogen (secondary N) is 1. The normalized spacial score (nSPS) is 18.4. The fourth-order valence-electron chi connectivity index (χ4n) is 2.08. The summed E-state index contributed by atoms with van der Waals surface area (Å²) in [6.07, 6.45) is 6.40. The number of hydrogen-bond donors (Lipinski definition) is 1. The van der Waals surface area contributed by atoms with E-state index in [0.29, 0.717) is 25.0 Å². The number of hydrogen-bond acceptors (Lipinski definition) is 5. The molecule has 0 spiro atoms. The van der Waals surface area contributed by atoms with E-state index < -0.39 is 10.0 Å². The Morgan fingerprint density at radius 3 is 2.47 bits per heavy atom. The van der Waals surface area contributed by atoms with Crippen molar-refractivity contribution >= 4 is 31.9 Å². The van der Waals surface area contributed by atoms with Gasteiger partial charge >= 0.3 is 0 Å². The Labute approximate surface area is 121 Å². The molecule has 2 rings (SSSR count). The van der Waals surface area contributed by atoms with E-state index in [-0.39, 0.29) is 0 Å². The van der Waals surface area contributed by atoms with Crippen LogP contribution in [0.15, 0.2) is 16.9 Å². The molecule has 0 saturated carbocycles. The van der Waals surface area contributed by atoms with E-state index in [0.717, 1.165) is 23.9 Å². The average Bonchev–Trinajstić information content (AvgIpc) is 2.37. The molecule has 1 saturated heterocycles. The molecule has 1 aliphatic heterocycles. The summed E-state index contributed by atoms with van der Waals surface area (Å²) in [6.45, 7) is 1.98. The first-order valence-electron chi connectivity index (χ1n) is 6.11. The standard InChI is InChI=1S/C11H17BrN4O2S/c1-19(17,18)16-4-2-9(3-5-16)6-13-11-14-7-10(12)8-15-11/h7-9H,2-6H2,1H3,(H,13,14,15). The molecular formula is C11H17BrN4O2S. The SMILES string of the molecule is CS(=O)(=O)N1CCC(CNc2ncc(Br)cn2)CC1. The van der Waals surface area contributed by atoms with Crippen molar-refractivity contribution in [2.75, 3.05) is 31.2 Å². The lowest BCUT2D eigenvalue weighted by Crippen LogP contribution is -2.39. The van der Waals surface area contributed by atoms with Crippen molar-refractivity contribution in [3.63, 3.8) is 0 Å². The van der Waals surface area contributed by atoms with E-state index in [1.54, 1.807) is 16.7 Å². The fraction of sp³-hybridized carbons (Fsp3) is 0.636. The monoisotopic (exact) mass is 348 g/mol. The zero-order valence-corrected chi connectivity index (χ0v) is 13.1. The van der Waals surface area contributed by atoms with Gasteiger partial charge in [-0.2, -0.15) is 0 Å². The number of aromatic nitrogens is 2. The van der Waals surface area contributed by atoms with Gasteiger partial charge in [0.05, 0.1) is 10.7 Å². The lowest BCUT2D eigenvalue weighted by molar-refractivity contribution is 0.283. The van der Waals surface area contributed by atoms with Crippen LogP contribution in [0.2, 0.25) is 0 Å². The van der Waals surface area contributed by atoms with Crippen molar-refractivity contribution in [3.8, 4) is 0 Å². The van der Waals surface area contributed by atoms with Gasteiger partial charge in [0.2, 0.25) is 16.0 Å². The minimum atomic E-state index is -3.04. The first-order chi connectivity index (χ1) is 8.95. The van der Waals surface area contributed by atoms with Gasteiger partial charge in [0.25, 0.3) is 0 Å². The molecule has 1 fully saturated rings. The van der Waals surface area contributed by atoms with Crippen molar-refractivity contribution in [1.29, 1.82) is 0 Å². The highest BCUT2D eigenvalue weighted by Gasteiger charge is 2.24. The molecule has 0 aliphatic carbocycles. The molecule has 19 heavy (non-hydrogen) atoms. The van der Waals surface area contributed by atoms with Crippen LogP contribution in [-0.4, -0.2) is 48.6 Å². The minimum Gasteiger partial charge on any atom is -0.354 e. The van der Waals surface area contributed by atoms with Crippen LogP contribution in [0.25, 0.3) is 0 Å². The van der Waals surface area contributed by atoms with E-state index in [2.05, 4.69) is 31.2 Å². The van der Waals surface area contributed by atoms with Gasteiger partial charge in [-0.05, 0) is 34.7 Å². The predicted octanol–water partition coefficient (Wildman–Crippen LogP) is 1.32. The van der Waals surface area contributed by atoms with Crippen LogP contribution in [-0.2, 0) is 10.0 Å². The van der Waals surface area contributed by atoms with E-state index >= 15 is 0 Å². The lowest BCUT2D eigenvalue weighted by Gasteiger charge is -2.30. The largest absolute Gasteiger partial charge is 0.354 e. The van der Waals surface area contributed by atoms with Gasteiger partial charge in [0, 0.05) is 32.0 Å². The number of anilines is 1. The summed E-state index contributed by atoms with van der Waals surface area (Å²) >= 11 is 3.28. The zero-order chi connectivity index (χ0) is 13.9. The van der Waals surface area contributed by atoms with Gasteiger partial charge < -0.3 is 5.32 Å². The van der Waals surface area contributed by atoms with Crippen molar-refractivity contribution < 1.29 is 8.42 Å².